The standard InChI is InChI=1S/C39H57N7O4/c1-4-34(47)46-24-23-45(25-29(46)19-21-40)35-31-18-20-38(36(48)44(3)32-16-10-11-17-33(32)50-38)27-39(31,28-13-8-6-5-7-9-14-28)42-37(41-35)49-26-30-15-12-22-43(30)2/h4,10-11,16-17,28-31,35,37,41-42H,1,5-9,12-15,18-20,22-27H2,2-3H3/t29-,30-,31?,35?,37?,38+,39?/m0/s1. The minimum atomic E-state index is -0.981. The van der Waals surface area contributed by atoms with E-state index >= 15 is 0 Å². The van der Waals surface area contributed by atoms with Crippen LogP contribution in [0.4, 0.5) is 5.69 Å². The van der Waals surface area contributed by atoms with Gasteiger partial charge in [0.2, 0.25) is 5.91 Å². The van der Waals surface area contributed by atoms with Gasteiger partial charge >= 0.3 is 0 Å². The number of amides is 2. The smallest absolute Gasteiger partial charge is 0.271 e. The highest BCUT2D eigenvalue weighted by Gasteiger charge is 2.64. The summed E-state index contributed by atoms with van der Waals surface area (Å²) in [5.41, 5.74) is -0.594. The predicted octanol–water partition coefficient (Wildman–Crippen LogP) is 4.21. The number of carbonyl (C=O) groups excluding carboxylic acids is 2. The molecule has 0 aromatic heterocycles. The summed E-state index contributed by atoms with van der Waals surface area (Å²) in [6, 6.07) is 10.4. The number of hydrogen-bond acceptors (Lipinski definition) is 9. The predicted molar refractivity (Wildman–Crippen MR) is 192 cm³/mol. The molecular weight excluding hydrogens is 630 g/mol. The number of anilines is 1. The second-order valence-electron chi connectivity index (χ2n) is 15.8. The molecule has 2 amide bonds. The van der Waals surface area contributed by atoms with Gasteiger partial charge in [-0.3, -0.25) is 25.1 Å². The number of benzene rings is 1. The van der Waals surface area contributed by atoms with Crippen LogP contribution in [-0.4, -0.2) is 109 Å². The Morgan fingerprint density at radius 3 is 2.58 bits per heavy atom. The normalized spacial score (nSPS) is 35.8. The molecule has 6 aliphatic rings. The monoisotopic (exact) mass is 687 g/mol. The SMILES string of the molecule is C=CC(=O)N1CCN(C2NC(OC[C@@H]3CCCN3C)NC3(C4CCCCCCC4)C[C@@]4(CCC23)Oc2ccccc2N(C)C4=O)C[C@@H]1CC#N. The van der Waals surface area contributed by atoms with Crippen LogP contribution in [0.25, 0.3) is 0 Å². The molecule has 1 aromatic carbocycles. The Morgan fingerprint density at radius 2 is 1.84 bits per heavy atom. The second kappa shape index (κ2) is 14.9. The molecule has 2 N–H and O–H groups in total. The molecule has 50 heavy (non-hydrogen) atoms. The first-order chi connectivity index (χ1) is 24.3. The number of hydrogen-bond donors (Lipinski definition) is 2. The van der Waals surface area contributed by atoms with E-state index in [9.17, 15) is 14.9 Å². The zero-order valence-electron chi connectivity index (χ0n) is 30.2. The van der Waals surface area contributed by atoms with Gasteiger partial charge in [0.15, 0.2) is 12.0 Å². The van der Waals surface area contributed by atoms with Gasteiger partial charge in [0.1, 0.15) is 5.75 Å². The van der Waals surface area contributed by atoms with Crippen LogP contribution in [0.1, 0.15) is 83.5 Å². The average Bonchev–Trinajstić information content (AvgIpc) is 3.53. The van der Waals surface area contributed by atoms with Crippen LogP contribution in [0.15, 0.2) is 36.9 Å². The van der Waals surface area contributed by atoms with E-state index in [0.29, 0.717) is 51.0 Å². The van der Waals surface area contributed by atoms with Gasteiger partial charge in [-0.05, 0) is 76.2 Å². The maximum atomic E-state index is 14.6. The third-order valence-corrected chi connectivity index (χ3v) is 13.1. The molecule has 2 aliphatic carbocycles. The lowest BCUT2D eigenvalue weighted by Gasteiger charge is -2.63. The number of para-hydroxylation sites is 2. The second-order valence-corrected chi connectivity index (χ2v) is 15.8. The van der Waals surface area contributed by atoms with Crippen molar-refractivity contribution >= 4 is 17.5 Å². The van der Waals surface area contributed by atoms with Crippen LogP contribution in [0.2, 0.25) is 0 Å². The molecule has 7 atom stereocenters. The minimum Gasteiger partial charge on any atom is -0.475 e. The molecule has 4 aliphatic heterocycles. The first-order valence-electron chi connectivity index (χ1n) is 19.2. The van der Waals surface area contributed by atoms with Crippen LogP contribution in [-0.2, 0) is 14.3 Å². The number of fused-ring (bicyclic) bond motifs is 2. The van der Waals surface area contributed by atoms with Crippen molar-refractivity contribution in [2.24, 2.45) is 11.8 Å². The molecule has 0 radical (unpaired) electrons. The third-order valence-electron chi connectivity index (χ3n) is 13.1. The lowest BCUT2D eigenvalue weighted by Crippen LogP contribution is -2.80. The fourth-order valence-corrected chi connectivity index (χ4v) is 10.5. The van der Waals surface area contributed by atoms with Gasteiger partial charge in [0.25, 0.3) is 5.91 Å². The number of likely N-dealkylation sites (tertiary alicyclic amines) is 1. The Balaban J connectivity index is 1.27. The highest BCUT2D eigenvalue weighted by molar-refractivity contribution is 6.02. The van der Waals surface area contributed by atoms with Crippen molar-refractivity contribution in [3.63, 3.8) is 0 Å². The van der Waals surface area contributed by atoms with Gasteiger partial charge in [-0.25, -0.2) is 0 Å². The number of likely N-dealkylation sites (N-methyl/N-ethyl adjacent to an activating group) is 2. The van der Waals surface area contributed by atoms with Crippen LogP contribution in [0.5, 0.6) is 5.75 Å². The molecular formula is C39H57N7O4. The zero-order chi connectivity index (χ0) is 34.9. The number of carbonyl (C=O) groups is 2. The van der Waals surface area contributed by atoms with Crippen LogP contribution in [0.3, 0.4) is 0 Å². The van der Waals surface area contributed by atoms with Crippen molar-refractivity contribution in [2.45, 2.75) is 119 Å². The Kier molecular flexibility index (Phi) is 10.6. The quantitative estimate of drug-likeness (QED) is 0.408. The summed E-state index contributed by atoms with van der Waals surface area (Å²) in [6.45, 7) is 7.26. The molecule has 1 spiro atoms. The molecule has 0 bridgehead atoms. The molecule has 3 saturated heterocycles. The van der Waals surface area contributed by atoms with Crippen molar-refractivity contribution < 1.29 is 19.1 Å². The van der Waals surface area contributed by atoms with Crippen molar-refractivity contribution in [3.05, 3.63) is 36.9 Å². The summed E-state index contributed by atoms with van der Waals surface area (Å²) in [7, 11) is 4.07. The first-order valence-corrected chi connectivity index (χ1v) is 19.2. The maximum absolute atomic E-state index is 14.6. The summed E-state index contributed by atoms with van der Waals surface area (Å²) in [5, 5.41) is 17.9. The first kappa shape index (κ1) is 35.4. The molecule has 4 heterocycles. The molecule has 11 heteroatoms. The van der Waals surface area contributed by atoms with E-state index in [1.54, 1.807) is 0 Å². The molecule has 4 unspecified atom stereocenters. The van der Waals surface area contributed by atoms with E-state index in [-0.39, 0.29) is 36.4 Å². The van der Waals surface area contributed by atoms with E-state index in [1.165, 1.54) is 44.6 Å². The average molecular weight is 688 g/mol. The van der Waals surface area contributed by atoms with Gasteiger partial charge < -0.3 is 24.2 Å². The molecule has 272 valence electrons. The third kappa shape index (κ3) is 6.58. The number of nitrogens with zero attached hydrogens (tertiary/aromatic N) is 5. The van der Waals surface area contributed by atoms with Crippen LogP contribution in [0, 0.1) is 23.2 Å². The number of piperazine rings is 1. The fourth-order valence-electron chi connectivity index (χ4n) is 10.5. The molecule has 2 saturated carbocycles. The molecule has 5 fully saturated rings. The van der Waals surface area contributed by atoms with E-state index in [0.717, 1.165) is 43.7 Å². The van der Waals surface area contributed by atoms with E-state index in [4.69, 9.17) is 9.47 Å². The Morgan fingerprint density at radius 1 is 1.06 bits per heavy atom. The van der Waals surface area contributed by atoms with E-state index in [1.807, 2.05) is 41.1 Å². The highest BCUT2D eigenvalue weighted by Crippen LogP contribution is 2.54. The number of nitriles is 1. The van der Waals surface area contributed by atoms with Gasteiger partial charge in [-0.15, -0.1) is 0 Å². The molecule has 7 rings (SSSR count). The Bertz CT molecular complexity index is 1440. The van der Waals surface area contributed by atoms with E-state index in [2.05, 4.69) is 40.1 Å². The van der Waals surface area contributed by atoms with Crippen molar-refractivity contribution in [1.29, 1.82) is 5.26 Å². The van der Waals surface area contributed by atoms with Crippen LogP contribution >= 0.6 is 0 Å². The minimum absolute atomic E-state index is 0.0347. The number of nitrogens with one attached hydrogen (secondary N) is 2. The topological polar surface area (TPSA) is 113 Å². The largest absolute Gasteiger partial charge is 0.475 e. The lowest BCUT2D eigenvalue weighted by molar-refractivity contribution is -0.179. The summed E-state index contributed by atoms with van der Waals surface area (Å²) in [5.74, 6) is 1.19. The summed E-state index contributed by atoms with van der Waals surface area (Å²) < 4.78 is 13.8. The summed E-state index contributed by atoms with van der Waals surface area (Å²) in [4.78, 5) is 35.9. The Hall–Kier alpha value is -3.01. The van der Waals surface area contributed by atoms with Gasteiger partial charge in [-0.2, -0.15) is 5.26 Å². The molecule has 1 aromatic rings. The van der Waals surface area contributed by atoms with Gasteiger partial charge in [-0.1, -0.05) is 50.8 Å². The van der Waals surface area contributed by atoms with Gasteiger partial charge in [0, 0.05) is 50.6 Å². The van der Waals surface area contributed by atoms with Gasteiger partial charge in [0.05, 0.1) is 37.0 Å². The van der Waals surface area contributed by atoms with Crippen molar-refractivity contribution in [2.75, 3.05) is 51.8 Å². The highest BCUT2D eigenvalue weighted by atomic mass is 16.5. The Labute approximate surface area is 298 Å². The van der Waals surface area contributed by atoms with Crippen molar-refractivity contribution in [3.8, 4) is 11.8 Å². The van der Waals surface area contributed by atoms with Crippen molar-refractivity contribution in [1.82, 2.24) is 25.3 Å². The lowest BCUT2D eigenvalue weighted by atomic mass is 9.56. The zero-order valence-corrected chi connectivity index (χ0v) is 30.2. The van der Waals surface area contributed by atoms with E-state index < -0.39 is 17.5 Å². The number of rotatable bonds is 7. The maximum Gasteiger partial charge on any atom is 0.271 e. The summed E-state index contributed by atoms with van der Waals surface area (Å²) in [6.07, 6.45) is 13.8. The molecule has 11 nitrogen and oxygen atoms in total. The fraction of sp³-hybridized carbons (Fsp3) is 0.718. The number of ether oxygens (including phenoxy) is 2. The van der Waals surface area contributed by atoms with Crippen LogP contribution < -0.4 is 20.3 Å². The summed E-state index contributed by atoms with van der Waals surface area (Å²) >= 11 is 0.